The summed E-state index contributed by atoms with van der Waals surface area (Å²) < 4.78 is 1.14. The van der Waals surface area contributed by atoms with Crippen molar-refractivity contribution in [1.29, 1.82) is 0 Å². The molecule has 0 bridgehead atoms. The van der Waals surface area contributed by atoms with Crippen molar-refractivity contribution in [3.05, 3.63) is 34.4 Å². The third-order valence-electron chi connectivity index (χ3n) is 4.18. The van der Waals surface area contributed by atoms with Crippen LogP contribution in [-0.4, -0.2) is 11.0 Å². The SMILES string of the molecule is NC1CCCCC1Cc1c[nH]c2ccc(Br)cc12. The number of aromatic nitrogens is 1. The van der Waals surface area contributed by atoms with Crippen molar-refractivity contribution in [2.24, 2.45) is 11.7 Å². The number of hydrogen-bond donors (Lipinski definition) is 2. The van der Waals surface area contributed by atoms with Crippen molar-refractivity contribution in [2.75, 3.05) is 0 Å². The molecule has 3 N–H and O–H groups in total. The Bertz CT molecular complexity index is 546. The predicted octanol–water partition coefficient (Wildman–Crippen LogP) is 3.99. The van der Waals surface area contributed by atoms with E-state index >= 15 is 0 Å². The second-order valence-corrected chi connectivity index (χ2v) is 6.33. The lowest BCUT2D eigenvalue weighted by atomic mass is 9.81. The van der Waals surface area contributed by atoms with Crippen LogP contribution in [0.15, 0.2) is 28.9 Å². The summed E-state index contributed by atoms with van der Waals surface area (Å²) in [5, 5.41) is 1.34. The number of nitrogens with one attached hydrogen (secondary N) is 1. The first-order valence-electron chi connectivity index (χ1n) is 6.75. The van der Waals surface area contributed by atoms with E-state index in [9.17, 15) is 0 Å². The van der Waals surface area contributed by atoms with Crippen LogP contribution in [0.4, 0.5) is 0 Å². The van der Waals surface area contributed by atoms with Crippen LogP contribution in [0.25, 0.3) is 10.9 Å². The second kappa shape index (κ2) is 5.06. The molecule has 0 radical (unpaired) electrons. The number of hydrogen-bond acceptors (Lipinski definition) is 1. The predicted molar refractivity (Wildman–Crippen MR) is 79.6 cm³/mol. The molecule has 2 atom stereocenters. The third kappa shape index (κ3) is 2.34. The highest BCUT2D eigenvalue weighted by atomic mass is 79.9. The summed E-state index contributed by atoms with van der Waals surface area (Å²) in [5.74, 6) is 0.650. The van der Waals surface area contributed by atoms with Crippen LogP contribution < -0.4 is 5.73 Å². The molecular formula is C15H19BrN2. The van der Waals surface area contributed by atoms with Gasteiger partial charge in [0.15, 0.2) is 0 Å². The first-order valence-corrected chi connectivity index (χ1v) is 7.54. The van der Waals surface area contributed by atoms with E-state index < -0.39 is 0 Å². The van der Waals surface area contributed by atoms with Crippen LogP contribution >= 0.6 is 15.9 Å². The van der Waals surface area contributed by atoms with Crippen LogP contribution in [0.3, 0.4) is 0 Å². The number of nitrogens with two attached hydrogens (primary N) is 1. The van der Waals surface area contributed by atoms with Crippen LogP contribution in [0.2, 0.25) is 0 Å². The van der Waals surface area contributed by atoms with Gasteiger partial charge in [-0.25, -0.2) is 0 Å². The van der Waals surface area contributed by atoms with Gasteiger partial charge in [0.2, 0.25) is 0 Å². The number of halogens is 1. The molecule has 0 aliphatic heterocycles. The minimum atomic E-state index is 0.385. The maximum absolute atomic E-state index is 6.25. The van der Waals surface area contributed by atoms with Gasteiger partial charge in [-0.3, -0.25) is 0 Å². The van der Waals surface area contributed by atoms with Crippen LogP contribution in [0, 0.1) is 5.92 Å². The first-order chi connectivity index (χ1) is 8.74. The Balaban J connectivity index is 1.87. The van der Waals surface area contributed by atoms with Crippen molar-refractivity contribution in [3.8, 4) is 0 Å². The molecular weight excluding hydrogens is 288 g/mol. The average Bonchev–Trinajstić information content (AvgIpc) is 2.75. The minimum absolute atomic E-state index is 0.385. The maximum atomic E-state index is 6.25. The molecule has 0 amide bonds. The normalized spacial score (nSPS) is 24.6. The average molecular weight is 307 g/mol. The van der Waals surface area contributed by atoms with E-state index in [2.05, 4.69) is 45.3 Å². The van der Waals surface area contributed by atoms with Gasteiger partial charge in [-0.2, -0.15) is 0 Å². The van der Waals surface area contributed by atoms with Gasteiger partial charge < -0.3 is 10.7 Å². The molecule has 96 valence electrons. The van der Waals surface area contributed by atoms with Gasteiger partial charge in [-0.1, -0.05) is 28.8 Å². The Morgan fingerprint density at radius 2 is 2.11 bits per heavy atom. The summed E-state index contributed by atoms with van der Waals surface area (Å²) in [6.45, 7) is 0. The van der Waals surface area contributed by atoms with E-state index in [0.717, 1.165) is 10.9 Å². The summed E-state index contributed by atoms with van der Waals surface area (Å²) in [6, 6.07) is 6.80. The molecule has 1 aromatic carbocycles. The molecule has 0 spiro atoms. The van der Waals surface area contributed by atoms with Gasteiger partial charge in [0.25, 0.3) is 0 Å². The summed E-state index contributed by atoms with van der Waals surface area (Å²) in [6.07, 6.45) is 8.37. The van der Waals surface area contributed by atoms with E-state index in [-0.39, 0.29) is 0 Å². The van der Waals surface area contributed by atoms with E-state index in [0.29, 0.717) is 12.0 Å². The van der Waals surface area contributed by atoms with Crippen molar-refractivity contribution in [3.63, 3.8) is 0 Å². The van der Waals surface area contributed by atoms with E-state index in [1.54, 1.807) is 0 Å². The Kier molecular flexibility index (Phi) is 3.44. The van der Waals surface area contributed by atoms with E-state index in [4.69, 9.17) is 5.73 Å². The van der Waals surface area contributed by atoms with Crippen molar-refractivity contribution in [1.82, 2.24) is 4.98 Å². The Hall–Kier alpha value is -0.800. The molecule has 1 aliphatic carbocycles. The minimum Gasteiger partial charge on any atom is -0.361 e. The Morgan fingerprint density at radius 1 is 1.28 bits per heavy atom. The largest absolute Gasteiger partial charge is 0.361 e. The first kappa shape index (κ1) is 12.2. The smallest absolute Gasteiger partial charge is 0.0457 e. The van der Waals surface area contributed by atoms with Crippen LogP contribution in [0.1, 0.15) is 31.2 Å². The number of rotatable bonds is 2. The zero-order chi connectivity index (χ0) is 12.5. The Labute approximate surface area is 116 Å². The number of H-pyrrole nitrogens is 1. The molecule has 3 rings (SSSR count). The van der Waals surface area contributed by atoms with Gasteiger partial charge in [0, 0.05) is 27.6 Å². The monoisotopic (exact) mass is 306 g/mol. The highest BCUT2D eigenvalue weighted by Gasteiger charge is 2.22. The van der Waals surface area contributed by atoms with Crippen molar-refractivity contribution >= 4 is 26.8 Å². The molecule has 2 unspecified atom stereocenters. The number of aromatic amines is 1. The van der Waals surface area contributed by atoms with Gasteiger partial charge >= 0.3 is 0 Å². The lowest BCUT2D eigenvalue weighted by Crippen LogP contribution is -2.34. The molecule has 1 saturated carbocycles. The number of fused-ring (bicyclic) bond motifs is 1. The number of benzene rings is 1. The third-order valence-corrected chi connectivity index (χ3v) is 4.67. The van der Waals surface area contributed by atoms with Crippen LogP contribution in [0.5, 0.6) is 0 Å². The van der Waals surface area contributed by atoms with Crippen LogP contribution in [-0.2, 0) is 6.42 Å². The molecule has 18 heavy (non-hydrogen) atoms. The fraction of sp³-hybridized carbons (Fsp3) is 0.467. The highest BCUT2D eigenvalue weighted by molar-refractivity contribution is 9.10. The zero-order valence-corrected chi connectivity index (χ0v) is 12.0. The molecule has 1 fully saturated rings. The summed E-state index contributed by atoms with van der Waals surface area (Å²) in [4.78, 5) is 3.36. The summed E-state index contributed by atoms with van der Waals surface area (Å²) in [5.41, 5.74) is 8.88. The second-order valence-electron chi connectivity index (χ2n) is 5.42. The summed E-state index contributed by atoms with van der Waals surface area (Å²) >= 11 is 3.55. The molecule has 1 heterocycles. The van der Waals surface area contributed by atoms with E-state index in [1.807, 2.05) is 0 Å². The molecule has 1 aliphatic rings. The Morgan fingerprint density at radius 3 is 2.94 bits per heavy atom. The fourth-order valence-electron chi connectivity index (χ4n) is 3.09. The summed E-state index contributed by atoms with van der Waals surface area (Å²) in [7, 11) is 0. The van der Waals surface area contributed by atoms with Crippen molar-refractivity contribution < 1.29 is 0 Å². The van der Waals surface area contributed by atoms with Gasteiger partial charge in [-0.05, 0) is 48.9 Å². The van der Waals surface area contributed by atoms with E-state index in [1.165, 1.54) is 42.1 Å². The lowest BCUT2D eigenvalue weighted by Gasteiger charge is -2.28. The maximum Gasteiger partial charge on any atom is 0.0457 e. The van der Waals surface area contributed by atoms with Gasteiger partial charge in [-0.15, -0.1) is 0 Å². The van der Waals surface area contributed by atoms with Gasteiger partial charge in [0.1, 0.15) is 0 Å². The molecule has 0 saturated heterocycles. The quantitative estimate of drug-likeness (QED) is 0.865. The molecule has 1 aromatic heterocycles. The molecule has 2 aromatic rings. The fourth-order valence-corrected chi connectivity index (χ4v) is 3.45. The standard InChI is InChI=1S/C15H19BrN2/c16-12-5-6-15-13(8-12)11(9-18-15)7-10-3-1-2-4-14(10)17/h5-6,8-10,14,18H,1-4,7,17H2. The molecule has 3 heteroatoms. The van der Waals surface area contributed by atoms with Crippen molar-refractivity contribution in [2.45, 2.75) is 38.1 Å². The highest BCUT2D eigenvalue weighted by Crippen LogP contribution is 2.30. The lowest BCUT2D eigenvalue weighted by molar-refractivity contribution is 0.307. The zero-order valence-electron chi connectivity index (χ0n) is 10.5. The van der Waals surface area contributed by atoms with Gasteiger partial charge in [0.05, 0.1) is 0 Å². The molecule has 2 nitrogen and oxygen atoms in total. The topological polar surface area (TPSA) is 41.8 Å².